The molecule has 8 heteroatoms. The molecule has 0 aromatic heterocycles. The Bertz CT molecular complexity index is 927. The van der Waals surface area contributed by atoms with Crippen LogP contribution in [0.25, 0.3) is 0 Å². The Morgan fingerprint density at radius 1 is 1.03 bits per heavy atom. The summed E-state index contributed by atoms with van der Waals surface area (Å²) in [6, 6.07) is 12.3. The summed E-state index contributed by atoms with van der Waals surface area (Å²) in [6.45, 7) is -0.164. The van der Waals surface area contributed by atoms with Crippen LogP contribution in [0.3, 0.4) is 0 Å². The number of fused-ring (bicyclic) bond motifs is 1. The van der Waals surface area contributed by atoms with Gasteiger partial charge in [0.05, 0.1) is 14.2 Å². The Labute approximate surface area is 168 Å². The van der Waals surface area contributed by atoms with E-state index in [1.54, 1.807) is 17.0 Å². The highest BCUT2D eigenvalue weighted by Gasteiger charge is 2.24. The first-order valence-corrected chi connectivity index (χ1v) is 9.07. The predicted octanol–water partition coefficient (Wildman–Crippen LogP) is 1.57. The van der Waals surface area contributed by atoms with Crippen molar-refractivity contribution in [1.29, 1.82) is 0 Å². The smallest absolute Gasteiger partial charge is 0.325 e. The molecule has 0 radical (unpaired) electrons. The lowest BCUT2D eigenvalue weighted by Crippen LogP contribution is -2.36. The van der Waals surface area contributed by atoms with Gasteiger partial charge in [0.2, 0.25) is 0 Å². The van der Waals surface area contributed by atoms with E-state index in [-0.39, 0.29) is 19.1 Å². The van der Waals surface area contributed by atoms with Crippen molar-refractivity contribution < 1.29 is 28.6 Å². The molecule has 0 atom stereocenters. The second kappa shape index (κ2) is 9.09. The highest BCUT2D eigenvalue weighted by Crippen LogP contribution is 2.28. The molecule has 0 saturated heterocycles. The molecular weight excluding hydrogens is 376 g/mol. The minimum absolute atomic E-state index is 0.297. The van der Waals surface area contributed by atoms with Gasteiger partial charge in [-0.15, -0.1) is 0 Å². The molecule has 8 nitrogen and oxygen atoms in total. The topological polar surface area (TPSA) is 94.2 Å². The van der Waals surface area contributed by atoms with Gasteiger partial charge in [-0.3, -0.25) is 14.4 Å². The van der Waals surface area contributed by atoms with E-state index in [1.165, 1.54) is 20.3 Å². The average Bonchev–Trinajstić information content (AvgIpc) is 3.19. The third-order valence-corrected chi connectivity index (χ3v) is 4.58. The van der Waals surface area contributed by atoms with Crippen molar-refractivity contribution in [3.63, 3.8) is 0 Å². The van der Waals surface area contributed by atoms with Crippen molar-refractivity contribution in [2.75, 3.05) is 38.8 Å². The Kier molecular flexibility index (Phi) is 6.33. The van der Waals surface area contributed by atoms with E-state index in [4.69, 9.17) is 14.2 Å². The van der Waals surface area contributed by atoms with Crippen LogP contribution in [0.5, 0.6) is 11.5 Å². The van der Waals surface area contributed by atoms with Gasteiger partial charge < -0.3 is 24.4 Å². The maximum absolute atomic E-state index is 12.3. The van der Waals surface area contributed by atoms with Crippen molar-refractivity contribution in [3.05, 3.63) is 53.6 Å². The van der Waals surface area contributed by atoms with Gasteiger partial charge in [0.1, 0.15) is 6.54 Å². The lowest BCUT2D eigenvalue weighted by atomic mass is 10.2. The SMILES string of the molecule is COc1ccc(C(=O)NCC(=O)OCC(=O)N2CCc3ccccc32)cc1OC. The molecule has 2 aromatic rings. The predicted molar refractivity (Wildman–Crippen MR) is 105 cm³/mol. The highest BCUT2D eigenvalue weighted by molar-refractivity contribution is 5.98. The van der Waals surface area contributed by atoms with E-state index in [9.17, 15) is 14.4 Å². The van der Waals surface area contributed by atoms with E-state index < -0.39 is 11.9 Å². The normalized spacial score (nSPS) is 12.1. The number of esters is 1. The van der Waals surface area contributed by atoms with Crippen LogP contribution in [-0.2, 0) is 20.7 Å². The largest absolute Gasteiger partial charge is 0.493 e. The van der Waals surface area contributed by atoms with Gasteiger partial charge in [-0.1, -0.05) is 18.2 Å². The van der Waals surface area contributed by atoms with Crippen LogP contribution in [0.15, 0.2) is 42.5 Å². The van der Waals surface area contributed by atoms with Crippen LogP contribution in [0.2, 0.25) is 0 Å². The average molecular weight is 398 g/mol. The number of carbonyl (C=O) groups is 3. The summed E-state index contributed by atoms with van der Waals surface area (Å²) < 4.78 is 15.3. The fourth-order valence-electron chi connectivity index (χ4n) is 3.10. The monoisotopic (exact) mass is 398 g/mol. The zero-order chi connectivity index (χ0) is 20.8. The molecule has 0 aliphatic carbocycles. The van der Waals surface area contributed by atoms with E-state index in [1.807, 2.05) is 24.3 Å². The zero-order valence-corrected chi connectivity index (χ0v) is 16.3. The molecule has 0 saturated carbocycles. The van der Waals surface area contributed by atoms with Crippen LogP contribution in [0.4, 0.5) is 5.69 Å². The molecule has 1 N–H and O–H groups in total. The standard InChI is InChI=1S/C21H22N2O6/c1-27-17-8-7-15(11-18(17)28-2)21(26)22-12-20(25)29-13-19(24)23-10-9-14-5-3-4-6-16(14)23/h3-8,11H,9-10,12-13H2,1-2H3,(H,22,26). The van der Waals surface area contributed by atoms with E-state index in [0.717, 1.165) is 17.7 Å². The Morgan fingerprint density at radius 3 is 2.55 bits per heavy atom. The number of hydrogen-bond acceptors (Lipinski definition) is 6. The van der Waals surface area contributed by atoms with Crippen LogP contribution in [-0.4, -0.2) is 51.7 Å². The van der Waals surface area contributed by atoms with Crippen LogP contribution in [0.1, 0.15) is 15.9 Å². The van der Waals surface area contributed by atoms with Gasteiger partial charge >= 0.3 is 5.97 Å². The van der Waals surface area contributed by atoms with Gasteiger partial charge in [0.25, 0.3) is 11.8 Å². The molecule has 1 heterocycles. The summed E-state index contributed by atoms with van der Waals surface area (Å²) >= 11 is 0. The van der Waals surface area contributed by atoms with Crippen molar-refractivity contribution in [2.24, 2.45) is 0 Å². The van der Waals surface area contributed by atoms with Gasteiger partial charge in [-0.25, -0.2) is 0 Å². The number of ether oxygens (including phenoxy) is 3. The lowest BCUT2D eigenvalue weighted by molar-refractivity contribution is -0.146. The highest BCUT2D eigenvalue weighted by atomic mass is 16.5. The number of carbonyl (C=O) groups excluding carboxylic acids is 3. The maximum atomic E-state index is 12.3. The van der Waals surface area contributed by atoms with Crippen molar-refractivity contribution in [1.82, 2.24) is 5.32 Å². The second-order valence-electron chi connectivity index (χ2n) is 6.34. The fraction of sp³-hybridized carbons (Fsp3) is 0.286. The molecular formula is C21H22N2O6. The number of rotatable bonds is 7. The molecule has 0 fully saturated rings. The third-order valence-electron chi connectivity index (χ3n) is 4.58. The van der Waals surface area contributed by atoms with Crippen LogP contribution >= 0.6 is 0 Å². The molecule has 0 unspecified atom stereocenters. The van der Waals surface area contributed by atoms with Crippen molar-refractivity contribution in [2.45, 2.75) is 6.42 Å². The molecule has 0 bridgehead atoms. The Morgan fingerprint density at radius 2 is 1.79 bits per heavy atom. The van der Waals surface area contributed by atoms with Gasteiger partial charge in [0.15, 0.2) is 18.1 Å². The van der Waals surface area contributed by atoms with E-state index in [2.05, 4.69) is 5.32 Å². The first-order chi connectivity index (χ1) is 14.0. The first-order valence-electron chi connectivity index (χ1n) is 9.07. The van der Waals surface area contributed by atoms with Gasteiger partial charge in [0, 0.05) is 17.8 Å². The van der Waals surface area contributed by atoms with Crippen molar-refractivity contribution in [3.8, 4) is 11.5 Å². The molecule has 0 spiro atoms. The number of nitrogens with zero attached hydrogens (tertiary/aromatic N) is 1. The number of nitrogens with one attached hydrogen (secondary N) is 1. The summed E-state index contributed by atoms with van der Waals surface area (Å²) in [6.07, 6.45) is 0.775. The molecule has 152 valence electrons. The molecule has 2 aromatic carbocycles. The summed E-state index contributed by atoms with van der Waals surface area (Å²) in [5.41, 5.74) is 2.24. The maximum Gasteiger partial charge on any atom is 0.325 e. The van der Waals surface area contributed by atoms with Crippen LogP contribution < -0.4 is 19.7 Å². The Balaban J connectivity index is 1.48. The zero-order valence-electron chi connectivity index (χ0n) is 16.3. The second-order valence-corrected chi connectivity index (χ2v) is 6.34. The molecule has 3 rings (SSSR count). The minimum Gasteiger partial charge on any atom is -0.493 e. The molecule has 1 aliphatic heterocycles. The lowest BCUT2D eigenvalue weighted by Gasteiger charge is -2.17. The quantitative estimate of drug-likeness (QED) is 0.712. The summed E-state index contributed by atoms with van der Waals surface area (Å²) in [5.74, 6) is -0.568. The summed E-state index contributed by atoms with van der Waals surface area (Å²) in [4.78, 5) is 38.1. The number of methoxy groups -OCH3 is 2. The van der Waals surface area contributed by atoms with Crippen LogP contribution in [0, 0.1) is 0 Å². The molecule has 29 heavy (non-hydrogen) atoms. The Hall–Kier alpha value is -3.55. The van der Waals surface area contributed by atoms with Gasteiger partial charge in [-0.05, 0) is 36.2 Å². The first kappa shape index (κ1) is 20.2. The van der Waals surface area contributed by atoms with E-state index >= 15 is 0 Å². The number of benzene rings is 2. The van der Waals surface area contributed by atoms with Crippen molar-refractivity contribution >= 4 is 23.5 Å². The minimum atomic E-state index is -0.695. The number of hydrogen-bond donors (Lipinski definition) is 1. The van der Waals surface area contributed by atoms with E-state index in [0.29, 0.717) is 23.6 Å². The number of anilines is 1. The molecule has 1 aliphatic rings. The fourth-order valence-corrected chi connectivity index (χ4v) is 3.10. The number of amides is 2. The number of para-hydroxylation sites is 1. The third kappa shape index (κ3) is 4.66. The van der Waals surface area contributed by atoms with Gasteiger partial charge in [-0.2, -0.15) is 0 Å². The molecule has 2 amide bonds. The summed E-state index contributed by atoms with van der Waals surface area (Å²) in [5, 5.41) is 2.46. The summed E-state index contributed by atoms with van der Waals surface area (Å²) in [7, 11) is 2.96.